The summed E-state index contributed by atoms with van der Waals surface area (Å²) in [5, 5.41) is 15.7. The lowest BCUT2D eigenvalue weighted by Gasteiger charge is -2.18. The molecule has 2 aromatic rings. The Hall–Kier alpha value is -1.82. The molecule has 0 bridgehead atoms. The van der Waals surface area contributed by atoms with Crippen molar-refractivity contribution < 1.29 is 9.84 Å². The summed E-state index contributed by atoms with van der Waals surface area (Å²) in [5.74, 6) is 1.14. The maximum atomic E-state index is 9.84. The molecule has 1 aromatic heterocycles. The molecule has 0 unspecified atom stereocenters. The van der Waals surface area contributed by atoms with Crippen LogP contribution < -0.4 is 9.54 Å². The molecule has 0 saturated heterocycles. The smallest absolute Gasteiger partial charge is 0.207 e. The van der Waals surface area contributed by atoms with Crippen molar-refractivity contribution >= 4 is 17.0 Å². The van der Waals surface area contributed by atoms with Crippen LogP contribution in [0.5, 0.6) is 11.5 Å². The van der Waals surface area contributed by atoms with Gasteiger partial charge in [-0.05, 0) is 25.0 Å². The van der Waals surface area contributed by atoms with Crippen molar-refractivity contribution in [3.63, 3.8) is 0 Å². The van der Waals surface area contributed by atoms with Gasteiger partial charge >= 0.3 is 0 Å². The number of phenols is 1. The number of aryl methyl sites for hydroxylation is 1. The molecule has 0 atom stereocenters. The fourth-order valence-corrected chi connectivity index (χ4v) is 3.92. The van der Waals surface area contributed by atoms with Crippen molar-refractivity contribution in [3.05, 3.63) is 28.0 Å². The van der Waals surface area contributed by atoms with Crippen LogP contribution in [-0.4, -0.2) is 22.0 Å². The Morgan fingerprint density at radius 3 is 2.77 bits per heavy atom. The minimum atomic E-state index is 0.100. The van der Waals surface area contributed by atoms with Gasteiger partial charge < -0.3 is 9.84 Å². The molecule has 6 heteroatoms. The molecule has 1 heterocycles. The number of hydrogen-bond acceptors (Lipinski definition) is 5. The second-order valence-electron chi connectivity index (χ2n) is 5.65. The van der Waals surface area contributed by atoms with Crippen molar-refractivity contribution in [3.8, 4) is 11.5 Å². The molecule has 1 aromatic carbocycles. The third kappa shape index (κ3) is 3.16. The minimum absolute atomic E-state index is 0.100. The summed E-state index contributed by atoms with van der Waals surface area (Å²) in [5.41, 5.74) is 0.702. The van der Waals surface area contributed by atoms with Crippen LogP contribution in [0.15, 0.2) is 23.2 Å². The number of ether oxygens (including phenoxy) is 1. The van der Waals surface area contributed by atoms with E-state index in [1.807, 2.05) is 17.8 Å². The maximum absolute atomic E-state index is 9.84. The first-order valence-corrected chi connectivity index (χ1v) is 8.45. The first-order valence-electron chi connectivity index (χ1n) is 7.63. The van der Waals surface area contributed by atoms with Crippen LogP contribution in [0.4, 0.5) is 5.69 Å². The van der Waals surface area contributed by atoms with Gasteiger partial charge in [-0.3, -0.25) is 0 Å². The van der Waals surface area contributed by atoms with Gasteiger partial charge in [0.2, 0.25) is 4.80 Å². The fraction of sp³-hybridized carbons (Fsp3) is 0.500. The van der Waals surface area contributed by atoms with E-state index in [1.54, 1.807) is 23.5 Å². The number of phenolic OH excluding ortho intramolecular Hbond substituents is 1. The molecule has 118 valence electrons. The maximum Gasteiger partial charge on any atom is 0.207 e. The molecule has 0 amide bonds. The van der Waals surface area contributed by atoms with Crippen LogP contribution in [-0.2, 0) is 7.05 Å². The van der Waals surface area contributed by atoms with Gasteiger partial charge in [0, 0.05) is 19.0 Å². The first kappa shape index (κ1) is 15.1. The highest BCUT2D eigenvalue weighted by atomic mass is 32.1. The van der Waals surface area contributed by atoms with E-state index < -0.39 is 0 Å². The van der Waals surface area contributed by atoms with Crippen LogP contribution in [0.3, 0.4) is 0 Å². The van der Waals surface area contributed by atoms with Gasteiger partial charge in [-0.2, -0.15) is 5.10 Å². The van der Waals surface area contributed by atoms with E-state index in [9.17, 15) is 5.11 Å². The van der Waals surface area contributed by atoms with E-state index in [4.69, 9.17) is 4.74 Å². The Balaban J connectivity index is 1.90. The van der Waals surface area contributed by atoms with Crippen molar-refractivity contribution in [2.75, 3.05) is 7.11 Å². The van der Waals surface area contributed by atoms with Crippen LogP contribution in [0.25, 0.3) is 0 Å². The van der Waals surface area contributed by atoms with E-state index in [1.165, 1.54) is 44.2 Å². The number of benzene rings is 1. The van der Waals surface area contributed by atoms with Gasteiger partial charge in [0.05, 0.1) is 12.8 Å². The van der Waals surface area contributed by atoms with E-state index in [2.05, 4.69) is 10.1 Å². The molecule has 1 N–H and O–H groups in total. The second-order valence-corrected chi connectivity index (χ2v) is 6.64. The quantitative estimate of drug-likeness (QED) is 0.942. The molecule has 22 heavy (non-hydrogen) atoms. The summed E-state index contributed by atoms with van der Waals surface area (Å²) in [6.07, 6.45) is 6.41. The zero-order valence-electron chi connectivity index (χ0n) is 13.0. The number of methoxy groups -OCH3 is 1. The van der Waals surface area contributed by atoms with E-state index in [0.29, 0.717) is 17.4 Å². The van der Waals surface area contributed by atoms with Crippen molar-refractivity contribution in [2.45, 2.75) is 38.0 Å². The Morgan fingerprint density at radius 2 is 2.09 bits per heavy atom. The van der Waals surface area contributed by atoms with Gasteiger partial charge in [-0.25, -0.2) is 9.67 Å². The molecular formula is C16H21N3O2S. The fourth-order valence-electron chi connectivity index (χ4n) is 2.84. The predicted octanol–water partition coefficient (Wildman–Crippen LogP) is 3.48. The standard InChI is InChI=1S/C16H21N3O2S/c1-19-16(17-12-8-9-14(21-2)13(20)10-12)22-15(18-19)11-6-4-3-5-7-11/h8-11,20H,3-7H2,1-2H3/b17-16+. The Labute approximate surface area is 133 Å². The Kier molecular flexibility index (Phi) is 4.47. The van der Waals surface area contributed by atoms with E-state index in [0.717, 1.165) is 4.80 Å². The summed E-state index contributed by atoms with van der Waals surface area (Å²) in [6, 6.07) is 5.16. The lowest BCUT2D eigenvalue weighted by molar-refractivity contribution is 0.373. The third-order valence-electron chi connectivity index (χ3n) is 4.06. The molecule has 0 spiro atoms. The first-order chi connectivity index (χ1) is 10.7. The van der Waals surface area contributed by atoms with Gasteiger partial charge in [0.15, 0.2) is 11.5 Å². The molecule has 1 aliphatic carbocycles. The number of aromatic hydroxyl groups is 1. The predicted molar refractivity (Wildman–Crippen MR) is 86.8 cm³/mol. The van der Waals surface area contributed by atoms with E-state index in [-0.39, 0.29) is 5.75 Å². The molecule has 3 rings (SSSR count). The highest BCUT2D eigenvalue weighted by molar-refractivity contribution is 7.08. The number of nitrogens with zero attached hydrogens (tertiary/aromatic N) is 3. The molecule has 1 saturated carbocycles. The summed E-state index contributed by atoms with van der Waals surface area (Å²) in [6.45, 7) is 0. The zero-order chi connectivity index (χ0) is 15.5. The molecular weight excluding hydrogens is 298 g/mol. The van der Waals surface area contributed by atoms with Crippen LogP contribution in [0, 0.1) is 0 Å². The molecule has 0 radical (unpaired) electrons. The average molecular weight is 319 g/mol. The summed E-state index contributed by atoms with van der Waals surface area (Å²) in [4.78, 5) is 5.45. The topological polar surface area (TPSA) is 59.6 Å². The van der Waals surface area contributed by atoms with Gasteiger partial charge in [0.25, 0.3) is 0 Å². The SMILES string of the molecule is COc1ccc(/N=c2/sc(C3CCCCC3)nn2C)cc1O. The van der Waals surface area contributed by atoms with Crippen molar-refractivity contribution in [1.29, 1.82) is 0 Å². The summed E-state index contributed by atoms with van der Waals surface area (Å²) >= 11 is 1.65. The van der Waals surface area contributed by atoms with Gasteiger partial charge in [-0.1, -0.05) is 30.6 Å². The molecule has 1 aliphatic rings. The molecule has 1 fully saturated rings. The highest BCUT2D eigenvalue weighted by Gasteiger charge is 2.19. The normalized spacial score (nSPS) is 16.9. The minimum Gasteiger partial charge on any atom is -0.504 e. The van der Waals surface area contributed by atoms with Gasteiger partial charge in [0.1, 0.15) is 5.01 Å². The van der Waals surface area contributed by atoms with Crippen LogP contribution in [0.1, 0.15) is 43.0 Å². The largest absolute Gasteiger partial charge is 0.504 e. The van der Waals surface area contributed by atoms with Crippen molar-refractivity contribution in [1.82, 2.24) is 9.78 Å². The lowest BCUT2D eigenvalue weighted by Crippen LogP contribution is -2.11. The van der Waals surface area contributed by atoms with Crippen LogP contribution >= 0.6 is 11.3 Å². The second kappa shape index (κ2) is 6.52. The number of rotatable bonds is 3. The van der Waals surface area contributed by atoms with E-state index >= 15 is 0 Å². The summed E-state index contributed by atoms with van der Waals surface area (Å²) in [7, 11) is 3.45. The average Bonchev–Trinajstić information content (AvgIpc) is 2.89. The molecule has 5 nitrogen and oxygen atoms in total. The Morgan fingerprint density at radius 1 is 1.32 bits per heavy atom. The van der Waals surface area contributed by atoms with Crippen LogP contribution in [0.2, 0.25) is 0 Å². The Bertz CT molecular complexity index is 714. The van der Waals surface area contributed by atoms with Gasteiger partial charge in [-0.15, -0.1) is 0 Å². The lowest BCUT2D eigenvalue weighted by atomic mass is 9.90. The highest BCUT2D eigenvalue weighted by Crippen LogP contribution is 2.33. The number of aromatic nitrogens is 2. The zero-order valence-corrected chi connectivity index (χ0v) is 13.8. The summed E-state index contributed by atoms with van der Waals surface area (Å²) < 4.78 is 6.88. The monoisotopic (exact) mass is 319 g/mol. The number of hydrogen-bond donors (Lipinski definition) is 1. The molecule has 0 aliphatic heterocycles. The van der Waals surface area contributed by atoms with Crippen molar-refractivity contribution in [2.24, 2.45) is 12.0 Å². The third-order valence-corrected chi connectivity index (χ3v) is 5.23.